The van der Waals surface area contributed by atoms with Crippen molar-refractivity contribution in [1.29, 1.82) is 0 Å². The molecule has 126 valence electrons. The topological polar surface area (TPSA) is 0 Å². The summed E-state index contributed by atoms with van der Waals surface area (Å²) in [4.78, 5) is 0. The van der Waals surface area contributed by atoms with Crippen molar-refractivity contribution >= 4 is 43.1 Å². The van der Waals surface area contributed by atoms with Gasteiger partial charge in [0.15, 0.2) is 0 Å². The summed E-state index contributed by atoms with van der Waals surface area (Å²) in [6.45, 7) is 0. The average Bonchev–Trinajstić information content (AvgIpc) is 2.66. The van der Waals surface area contributed by atoms with Crippen LogP contribution in [-0.2, 0) is 6.18 Å². The van der Waals surface area contributed by atoms with Gasteiger partial charge in [-0.25, -0.2) is 0 Å². The van der Waals surface area contributed by atoms with Gasteiger partial charge < -0.3 is 0 Å². The Bertz CT molecular complexity index is 1310. The minimum absolute atomic E-state index is 0.615. The number of halogens is 3. The molecule has 26 heavy (non-hydrogen) atoms. The molecule has 5 aromatic carbocycles. The molecule has 0 aromatic heterocycles. The van der Waals surface area contributed by atoms with Crippen LogP contribution in [0.5, 0.6) is 0 Å². The van der Waals surface area contributed by atoms with Crippen LogP contribution in [0.1, 0.15) is 5.56 Å². The lowest BCUT2D eigenvalue weighted by molar-refractivity contribution is -0.137. The van der Waals surface area contributed by atoms with Gasteiger partial charge in [-0.15, -0.1) is 0 Å². The quantitative estimate of drug-likeness (QED) is 0.258. The van der Waals surface area contributed by atoms with Crippen LogP contribution in [-0.4, -0.2) is 0 Å². The van der Waals surface area contributed by atoms with Gasteiger partial charge >= 0.3 is 6.18 Å². The van der Waals surface area contributed by atoms with E-state index in [9.17, 15) is 13.2 Å². The van der Waals surface area contributed by atoms with E-state index >= 15 is 0 Å². The Morgan fingerprint density at radius 3 is 1.65 bits per heavy atom. The molecule has 0 radical (unpaired) electrons. The molecule has 0 bridgehead atoms. The Hall–Kier alpha value is -3.07. The standard InChI is InChI=1S/C23H13F3/c24-23(25,26)16-8-5-15-7-10-20-19-9-6-14-3-1-2-4-17(14)18(19)11-12-21(20)22(15)13-16/h1-13H. The molecule has 0 aliphatic rings. The van der Waals surface area contributed by atoms with Gasteiger partial charge in [-0.1, -0.05) is 66.7 Å². The zero-order chi connectivity index (χ0) is 17.9. The van der Waals surface area contributed by atoms with Crippen molar-refractivity contribution in [1.82, 2.24) is 0 Å². The summed E-state index contributed by atoms with van der Waals surface area (Å²) in [5.41, 5.74) is -0.615. The van der Waals surface area contributed by atoms with Crippen LogP contribution >= 0.6 is 0 Å². The Morgan fingerprint density at radius 1 is 0.462 bits per heavy atom. The molecule has 0 aliphatic carbocycles. The van der Waals surface area contributed by atoms with E-state index in [1.807, 2.05) is 36.4 Å². The van der Waals surface area contributed by atoms with E-state index in [0.717, 1.165) is 43.8 Å². The SMILES string of the molecule is FC(F)(F)c1ccc2ccc3c(ccc4c5ccccc5ccc43)c2c1. The minimum atomic E-state index is -4.34. The van der Waals surface area contributed by atoms with Crippen molar-refractivity contribution in [2.75, 3.05) is 0 Å². The van der Waals surface area contributed by atoms with Crippen molar-refractivity contribution in [3.8, 4) is 0 Å². The molecule has 5 rings (SSSR count). The third-order valence-electron chi connectivity index (χ3n) is 5.07. The van der Waals surface area contributed by atoms with Crippen molar-refractivity contribution in [3.63, 3.8) is 0 Å². The first kappa shape index (κ1) is 15.2. The van der Waals surface area contributed by atoms with E-state index in [1.54, 1.807) is 6.07 Å². The molecule has 0 fully saturated rings. The monoisotopic (exact) mass is 346 g/mol. The third kappa shape index (κ3) is 2.17. The maximum Gasteiger partial charge on any atom is 0.416 e. The van der Waals surface area contributed by atoms with Crippen LogP contribution in [0.4, 0.5) is 13.2 Å². The Kier molecular flexibility index (Phi) is 3.05. The van der Waals surface area contributed by atoms with Gasteiger partial charge in [0.2, 0.25) is 0 Å². The normalized spacial score (nSPS) is 12.4. The van der Waals surface area contributed by atoms with Crippen LogP contribution < -0.4 is 0 Å². The Morgan fingerprint density at radius 2 is 0.962 bits per heavy atom. The molecule has 0 spiro atoms. The molecule has 0 saturated carbocycles. The van der Waals surface area contributed by atoms with Crippen LogP contribution in [0.3, 0.4) is 0 Å². The zero-order valence-electron chi connectivity index (χ0n) is 13.6. The van der Waals surface area contributed by atoms with Crippen molar-refractivity contribution in [2.45, 2.75) is 6.18 Å². The summed E-state index contributed by atoms with van der Waals surface area (Å²) >= 11 is 0. The van der Waals surface area contributed by atoms with Gasteiger partial charge in [0, 0.05) is 0 Å². The lowest BCUT2D eigenvalue weighted by Crippen LogP contribution is -2.04. The molecule has 0 N–H and O–H groups in total. The summed E-state index contributed by atoms with van der Waals surface area (Å²) in [6.07, 6.45) is -4.34. The molecule has 3 heteroatoms. The van der Waals surface area contributed by atoms with Crippen molar-refractivity contribution in [2.24, 2.45) is 0 Å². The number of fused-ring (bicyclic) bond motifs is 7. The number of hydrogen-bond donors (Lipinski definition) is 0. The number of alkyl halides is 3. The maximum atomic E-state index is 13.1. The van der Waals surface area contributed by atoms with Gasteiger partial charge in [-0.05, 0) is 55.2 Å². The zero-order valence-corrected chi connectivity index (χ0v) is 13.6. The molecule has 0 aliphatic heterocycles. The van der Waals surface area contributed by atoms with E-state index in [0.29, 0.717) is 5.39 Å². The molecular weight excluding hydrogens is 333 g/mol. The summed E-state index contributed by atoms with van der Waals surface area (Å²) < 4.78 is 39.4. The number of benzene rings is 5. The molecule has 5 aromatic rings. The first-order valence-corrected chi connectivity index (χ1v) is 8.36. The third-order valence-corrected chi connectivity index (χ3v) is 5.07. The van der Waals surface area contributed by atoms with E-state index in [1.165, 1.54) is 6.07 Å². The lowest BCUT2D eigenvalue weighted by Gasteiger charge is -2.12. The second-order valence-corrected chi connectivity index (χ2v) is 6.54. The highest BCUT2D eigenvalue weighted by Gasteiger charge is 2.30. The molecule has 0 heterocycles. The molecule has 0 saturated heterocycles. The Balaban J connectivity index is 1.92. The predicted molar refractivity (Wildman–Crippen MR) is 101 cm³/mol. The van der Waals surface area contributed by atoms with E-state index < -0.39 is 11.7 Å². The van der Waals surface area contributed by atoms with Gasteiger partial charge in [0.1, 0.15) is 0 Å². The van der Waals surface area contributed by atoms with E-state index in [-0.39, 0.29) is 0 Å². The van der Waals surface area contributed by atoms with Crippen molar-refractivity contribution in [3.05, 3.63) is 84.4 Å². The first-order valence-electron chi connectivity index (χ1n) is 8.36. The molecule has 0 amide bonds. The molecule has 0 atom stereocenters. The number of hydrogen-bond acceptors (Lipinski definition) is 0. The smallest absolute Gasteiger partial charge is 0.166 e. The van der Waals surface area contributed by atoms with Gasteiger partial charge in [0.25, 0.3) is 0 Å². The molecular formula is C23H13F3. The summed E-state index contributed by atoms with van der Waals surface area (Å²) in [7, 11) is 0. The Labute approximate surface area is 147 Å². The van der Waals surface area contributed by atoms with Gasteiger partial charge in [-0.3, -0.25) is 0 Å². The lowest BCUT2D eigenvalue weighted by atomic mass is 9.93. The predicted octanol–water partition coefficient (Wildman–Crippen LogP) is 7.32. The van der Waals surface area contributed by atoms with Crippen molar-refractivity contribution < 1.29 is 13.2 Å². The highest BCUT2D eigenvalue weighted by Crippen LogP contribution is 2.37. The van der Waals surface area contributed by atoms with Crippen LogP contribution in [0.25, 0.3) is 43.1 Å². The second kappa shape index (κ2) is 5.21. The molecule has 0 unspecified atom stereocenters. The van der Waals surface area contributed by atoms with Gasteiger partial charge in [0.05, 0.1) is 5.56 Å². The van der Waals surface area contributed by atoms with Gasteiger partial charge in [-0.2, -0.15) is 13.2 Å². The highest BCUT2D eigenvalue weighted by molar-refractivity contribution is 6.22. The number of rotatable bonds is 0. The van der Waals surface area contributed by atoms with E-state index in [4.69, 9.17) is 0 Å². The maximum absolute atomic E-state index is 13.1. The summed E-state index contributed by atoms with van der Waals surface area (Å²) in [5.74, 6) is 0. The minimum Gasteiger partial charge on any atom is -0.166 e. The van der Waals surface area contributed by atoms with Crippen LogP contribution in [0.2, 0.25) is 0 Å². The fourth-order valence-electron chi connectivity index (χ4n) is 3.81. The average molecular weight is 346 g/mol. The summed E-state index contributed by atoms with van der Waals surface area (Å²) in [5, 5.41) is 7.73. The fraction of sp³-hybridized carbons (Fsp3) is 0.0435. The van der Waals surface area contributed by atoms with E-state index in [2.05, 4.69) is 24.3 Å². The van der Waals surface area contributed by atoms with Crippen LogP contribution in [0.15, 0.2) is 78.9 Å². The summed E-state index contributed by atoms with van der Waals surface area (Å²) in [6, 6.07) is 24.0. The first-order chi connectivity index (χ1) is 12.5. The largest absolute Gasteiger partial charge is 0.416 e. The highest BCUT2D eigenvalue weighted by atomic mass is 19.4. The second-order valence-electron chi connectivity index (χ2n) is 6.54. The van der Waals surface area contributed by atoms with Crippen LogP contribution in [0, 0.1) is 0 Å². The molecule has 0 nitrogen and oxygen atoms in total. The fourth-order valence-corrected chi connectivity index (χ4v) is 3.81.